The minimum absolute atomic E-state index is 0.0702. The van der Waals surface area contributed by atoms with Crippen LogP contribution in [-0.4, -0.2) is 40.2 Å². The molecule has 0 unspecified atom stereocenters. The van der Waals surface area contributed by atoms with Crippen molar-refractivity contribution in [2.45, 2.75) is 65.8 Å². The molecule has 4 aromatic carbocycles. The van der Waals surface area contributed by atoms with E-state index in [1.165, 1.54) is 6.20 Å². The second-order valence-electron chi connectivity index (χ2n) is 14.0. The third-order valence-electron chi connectivity index (χ3n) is 9.87. The number of nitriles is 1. The van der Waals surface area contributed by atoms with E-state index in [1.54, 1.807) is 24.4 Å². The lowest BCUT2D eigenvalue weighted by molar-refractivity contribution is -0.138. The van der Waals surface area contributed by atoms with Crippen LogP contribution in [0.15, 0.2) is 95.7 Å². The standard InChI is InChI=1S/C46H45ClN4O7/c1-29-34(28-57-44-21-43(56-27-32-17-31(22-48)23-51-24-32)36(20-41(44)47)25-49-15-5-11-45(52)53)7-3-9-39(29)40-10-4-8-38(30(40)2)33-13-14-42-35(18-33)19-37(58-42)26-50-16-6-12-46(54)55/h3-4,7-10,13-14,17-21,23-24,49-50H,5-6,11-12,15-16,25-28H2,1-2H3,(H,52,53)(H,54,55). The van der Waals surface area contributed by atoms with Crippen LogP contribution in [-0.2, 0) is 35.9 Å². The fraction of sp³-hybridized carbons (Fsp3) is 0.261. The van der Waals surface area contributed by atoms with Crippen molar-refractivity contribution < 1.29 is 33.7 Å². The van der Waals surface area contributed by atoms with Crippen molar-refractivity contribution in [1.29, 1.82) is 5.26 Å². The van der Waals surface area contributed by atoms with Crippen LogP contribution in [0, 0.1) is 25.2 Å². The zero-order valence-corrected chi connectivity index (χ0v) is 33.2. The Morgan fingerprint density at radius 1 is 0.776 bits per heavy atom. The smallest absolute Gasteiger partial charge is 0.303 e. The summed E-state index contributed by atoms with van der Waals surface area (Å²) in [5.41, 5.74) is 10.3. The van der Waals surface area contributed by atoms with Crippen LogP contribution < -0.4 is 20.1 Å². The molecule has 11 nitrogen and oxygen atoms in total. The largest absolute Gasteiger partial charge is 0.488 e. The monoisotopic (exact) mass is 800 g/mol. The first-order valence-electron chi connectivity index (χ1n) is 19.1. The number of aromatic nitrogens is 1. The summed E-state index contributed by atoms with van der Waals surface area (Å²) in [4.78, 5) is 25.9. The molecule has 0 aliphatic rings. The van der Waals surface area contributed by atoms with Crippen molar-refractivity contribution in [3.05, 3.63) is 135 Å². The normalized spacial score (nSPS) is 11.1. The molecular weight excluding hydrogens is 756 g/mol. The molecule has 4 N–H and O–H groups in total. The molecule has 2 heterocycles. The van der Waals surface area contributed by atoms with Crippen molar-refractivity contribution in [3.8, 4) is 39.8 Å². The molecule has 298 valence electrons. The number of aliphatic carboxylic acids is 2. The first-order valence-corrected chi connectivity index (χ1v) is 19.5. The summed E-state index contributed by atoms with van der Waals surface area (Å²) in [6.07, 6.45) is 4.39. The number of nitrogens with one attached hydrogen (secondary N) is 2. The number of carbonyl (C=O) groups is 2. The number of rotatable bonds is 20. The molecule has 12 heteroatoms. The van der Waals surface area contributed by atoms with Crippen molar-refractivity contribution in [3.63, 3.8) is 0 Å². The third kappa shape index (κ3) is 10.8. The number of hydrogen-bond acceptors (Lipinski definition) is 9. The number of carboxylic acids is 2. The van der Waals surface area contributed by atoms with Crippen LogP contribution in [0.1, 0.15) is 64.8 Å². The molecule has 6 rings (SSSR count). The van der Waals surface area contributed by atoms with Gasteiger partial charge in [-0.2, -0.15) is 5.26 Å². The molecule has 0 atom stereocenters. The maximum absolute atomic E-state index is 11.0. The fourth-order valence-corrected chi connectivity index (χ4v) is 7.03. The van der Waals surface area contributed by atoms with E-state index in [1.807, 2.05) is 24.3 Å². The van der Waals surface area contributed by atoms with E-state index in [-0.39, 0.29) is 26.1 Å². The number of pyridine rings is 1. The molecule has 0 aliphatic heterocycles. The number of fused-ring (bicyclic) bond motifs is 1. The number of furan rings is 1. The summed E-state index contributed by atoms with van der Waals surface area (Å²) in [6, 6.07) is 28.1. The zero-order valence-electron chi connectivity index (χ0n) is 32.4. The molecule has 0 fully saturated rings. The topological polar surface area (TPSA) is 167 Å². The van der Waals surface area contributed by atoms with Gasteiger partial charge < -0.3 is 34.7 Å². The third-order valence-corrected chi connectivity index (χ3v) is 10.2. The van der Waals surface area contributed by atoms with Gasteiger partial charge in [0.1, 0.15) is 42.1 Å². The molecule has 0 amide bonds. The molecule has 6 aromatic rings. The highest BCUT2D eigenvalue weighted by Gasteiger charge is 2.16. The number of hydrogen-bond donors (Lipinski definition) is 4. The van der Waals surface area contributed by atoms with Crippen LogP contribution in [0.4, 0.5) is 0 Å². The first kappa shape index (κ1) is 41.4. The van der Waals surface area contributed by atoms with Gasteiger partial charge in [-0.1, -0.05) is 54.1 Å². The van der Waals surface area contributed by atoms with E-state index in [0.717, 1.165) is 66.8 Å². The minimum atomic E-state index is -0.842. The SMILES string of the molecule is Cc1c(COc2cc(OCc3cncc(C#N)c3)c(CNCCCC(=O)O)cc2Cl)cccc1-c1cccc(-c2ccc3oc(CNCCCC(=O)O)cc3c2)c1C. The van der Waals surface area contributed by atoms with Gasteiger partial charge in [-0.15, -0.1) is 0 Å². The predicted molar refractivity (Wildman–Crippen MR) is 223 cm³/mol. The van der Waals surface area contributed by atoms with Gasteiger partial charge in [-0.25, -0.2) is 0 Å². The lowest BCUT2D eigenvalue weighted by atomic mass is 9.89. The lowest BCUT2D eigenvalue weighted by Gasteiger charge is -2.18. The number of nitrogens with zero attached hydrogens (tertiary/aromatic N) is 2. The van der Waals surface area contributed by atoms with Gasteiger partial charge >= 0.3 is 11.9 Å². The summed E-state index contributed by atoms with van der Waals surface area (Å²) in [7, 11) is 0. The van der Waals surface area contributed by atoms with Crippen LogP contribution >= 0.6 is 11.6 Å². The number of halogens is 1. The fourth-order valence-electron chi connectivity index (χ4n) is 6.79. The van der Waals surface area contributed by atoms with Crippen LogP contribution in [0.2, 0.25) is 5.02 Å². The zero-order chi connectivity index (χ0) is 41.0. The quantitative estimate of drug-likeness (QED) is 0.0543. The number of benzene rings is 4. The van der Waals surface area contributed by atoms with Crippen LogP contribution in [0.25, 0.3) is 33.2 Å². The molecule has 0 saturated heterocycles. The Labute approximate surface area is 342 Å². The molecular formula is C46H45ClN4O7. The molecule has 58 heavy (non-hydrogen) atoms. The Morgan fingerprint density at radius 3 is 2.21 bits per heavy atom. The average molecular weight is 801 g/mol. The van der Waals surface area contributed by atoms with Crippen molar-refractivity contribution in [2.24, 2.45) is 0 Å². The molecule has 0 saturated carbocycles. The number of carboxylic acid groups (broad SMARTS) is 2. The van der Waals surface area contributed by atoms with Gasteiger partial charge in [0.05, 0.1) is 17.1 Å². The predicted octanol–water partition coefficient (Wildman–Crippen LogP) is 9.37. The Balaban J connectivity index is 1.18. The first-order chi connectivity index (χ1) is 28.1. The second-order valence-corrected chi connectivity index (χ2v) is 14.4. The van der Waals surface area contributed by atoms with Gasteiger partial charge in [-0.05, 0) is 109 Å². The lowest BCUT2D eigenvalue weighted by Crippen LogP contribution is -2.16. The maximum Gasteiger partial charge on any atom is 0.303 e. The van der Waals surface area contributed by atoms with Gasteiger partial charge in [0.15, 0.2) is 0 Å². The van der Waals surface area contributed by atoms with Gasteiger partial charge in [0.2, 0.25) is 0 Å². The minimum Gasteiger partial charge on any atom is -0.488 e. The van der Waals surface area contributed by atoms with Gasteiger partial charge in [-0.3, -0.25) is 14.6 Å². The van der Waals surface area contributed by atoms with Gasteiger partial charge in [0.25, 0.3) is 0 Å². The summed E-state index contributed by atoms with van der Waals surface area (Å²) >= 11 is 6.79. The molecule has 2 aromatic heterocycles. The highest BCUT2D eigenvalue weighted by atomic mass is 35.5. The van der Waals surface area contributed by atoms with E-state index >= 15 is 0 Å². The summed E-state index contributed by atoms with van der Waals surface area (Å²) < 4.78 is 18.7. The summed E-state index contributed by atoms with van der Waals surface area (Å²) in [5, 5.41) is 35.1. The maximum atomic E-state index is 11.0. The van der Waals surface area contributed by atoms with E-state index in [9.17, 15) is 14.9 Å². The molecule has 0 radical (unpaired) electrons. The average Bonchev–Trinajstić information content (AvgIpc) is 3.62. The van der Waals surface area contributed by atoms with E-state index < -0.39 is 11.9 Å². The number of ether oxygens (including phenoxy) is 2. The van der Waals surface area contributed by atoms with Gasteiger partial charge in [0, 0.05) is 54.4 Å². The molecule has 0 spiro atoms. The molecule has 0 bridgehead atoms. The van der Waals surface area contributed by atoms with Crippen LogP contribution in [0.3, 0.4) is 0 Å². The Bertz CT molecular complexity index is 2460. The molecule has 0 aliphatic carbocycles. The van der Waals surface area contributed by atoms with E-state index in [4.69, 9.17) is 35.7 Å². The Hall–Kier alpha value is -6.19. The summed E-state index contributed by atoms with van der Waals surface area (Å²) in [5.74, 6) is 0.147. The van der Waals surface area contributed by atoms with Crippen LogP contribution in [0.5, 0.6) is 11.5 Å². The summed E-state index contributed by atoms with van der Waals surface area (Å²) in [6.45, 7) is 6.68. The highest BCUT2D eigenvalue weighted by Crippen LogP contribution is 2.37. The Morgan fingerprint density at radius 2 is 1.47 bits per heavy atom. The van der Waals surface area contributed by atoms with Crippen molar-refractivity contribution >= 4 is 34.5 Å². The van der Waals surface area contributed by atoms with Crippen molar-refractivity contribution in [1.82, 2.24) is 15.6 Å². The van der Waals surface area contributed by atoms with E-state index in [0.29, 0.717) is 61.1 Å². The van der Waals surface area contributed by atoms with Crippen molar-refractivity contribution in [2.75, 3.05) is 13.1 Å². The highest BCUT2D eigenvalue weighted by molar-refractivity contribution is 6.32. The second kappa shape index (κ2) is 19.8. The Kier molecular flexibility index (Phi) is 14.1. The van der Waals surface area contributed by atoms with E-state index in [2.05, 4.69) is 71.9 Å².